The van der Waals surface area contributed by atoms with E-state index < -0.39 is 0 Å². The van der Waals surface area contributed by atoms with E-state index in [1.165, 1.54) is 60.5 Å². The number of para-hydroxylation sites is 1. The van der Waals surface area contributed by atoms with Crippen molar-refractivity contribution >= 4 is 16.5 Å². The van der Waals surface area contributed by atoms with Crippen molar-refractivity contribution in [2.45, 2.75) is 51.5 Å². The fraction of sp³-hybridized carbons (Fsp3) is 0.333. The van der Waals surface area contributed by atoms with Crippen LogP contribution in [0.25, 0.3) is 10.8 Å². The second-order valence-corrected chi connectivity index (χ2v) is 6.83. The molecule has 3 aromatic carbocycles. The zero-order valence-electron chi connectivity index (χ0n) is 15.2. The molecule has 0 saturated carbocycles. The van der Waals surface area contributed by atoms with Crippen LogP contribution in [0.1, 0.15) is 57.1 Å². The smallest absolute Gasteiger partial charge is 0.0534 e. The van der Waals surface area contributed by atoms with Crippen molar-refractivity contribution < 1.29 is 0 Å². The van der Waals surface area contributed by atoms with E-state index in [1.807, 2.05) is 0 Å². The van der Waals surface area contributed by atoms with Gasteiger partial charge in [-0.1, -0.05) is 106 Å². The molecule has 0 fully saturated rings. The van der Waals surface area contributed by atoms with Gasteiger partial charge in [0.25, 0.3) is 0 Å². The van der Waals surface area contributed by atoms with Crippen molar-refractivity contribution in [3.05, 3.63) is 78.4 Å². The predicted molar refractivity (Wildman–Crippen MR) is 110 cm³/mol. The van der Waals surface area contributed by atoms with Crippen LogP contribution in [-0.4, -0.2) is 0 Å². The highest BCUT2D eigenvalue weighted by molar-refractivity contribution is 5.82. The number of benzene rings is 3. The van der Waals surface area contributed by atoms with E-state index in [-0.39, 0.29) is 0 Å². The number of hydrogen-bond acceptors (Lipinski definition) is 1. The van der Waals surface area contributed by atoms with E-state index in [4.69, 9.17) is 0 Å². The molecule has 1 unspecified atom stereocenters. The van der Waals surface area contributed by atoms with Gasteiger partial charge in [0, 0.05) is 5.69 Å². The van der Waals surface area contributed by atoms with Crippen LogP contribution in [0.3, 0.4) is 0 Å². The summed E-state index contributed by atoms with van der Waals surface area (Å²) in [5.41, 5.74) is 2.86. The van der Waals surface area contributed by atoms with Gasteiger partial charge in [-0.05, 0) is 28.8 Å². The fourth-order valence-corrected chi connectivity index (χ4v) is 3.43. The van der Waals surface area contributed by atoms with Crippen LogP contribution in [0.4, 0.5) is 5.69 Å². The van der Waals surface area contributed by atoms with Crippen molar-refractivity contribution in [1.82, 2.24) is 0 Å². The standard InChI is InChI=1S/C14H21N.C10H8/c1-2-3-4-5-6-10-13-12-9-7-8-11-14(12)15-13;1-2-6-10-8-4-3-7-9(10)5-1/h7-9,11,13,15H,2-6,10H2,1H3;1-8H. The SMILES string of the molecule is CCCCCCCC1Nc2ccccc21.c1ccc2ccccc2c1. The molecular formula is C24H29N. The zero-order valence-corrected chi connectivity index (χ0v) is 15.2. The Morgan fingerprint density at radius 3 is 1.84 bits per heavy atom. The Hall–Kier alpha value is -2.28. The monoisotopic (exact) mass is 331 g/mol. The molecule has 0 radical (unpaired) electrons. The van der Waals surface area contributed by atoms with Crippen molar-refractivity contribution in [1.29, 1.82) is 0 Å². The van der Waals surface area contributed by atoms with E-state index >= 15 is 0 Å². The number of fused-ring (bicyclic) bond motifs is 2. The van der Waals surface area contributed by atoms with Crippen LogP contribution in [0, 0.1) is 0 Å². The summed E-state index contributed by atoms with van der Waals surface area (Å²) >= 11 is 0. The maximum absolute atomic E-state index is 3.51. The van der Waals surface area contributed by atoms with Gasteiger partial charge in [-0.15, -0.1) is 0 Å². The van der Waals surface area contributed by atoms with Gasteiger partial charge < -0.3 is 5.32 Å². The quantitative estimate of drug-likeness (QED) is 0.465. The Morgan fingerprint density at radius 1 is 0.680 bits per heavy atom. The molecule has 0 bridgehead atoms. The van der Waals surface area contributed by atoms with Gasteiger partial charge in [0.1, 0.15) is 0 Å². The van der Waals surface area contributed by atoms with Crippen LogP contribution < -0.4 is 5.32 Å². The molecule has 0 spiro atoms. The fourth-order valence-electron chi connectivity index (χ4n) is 3.43. The molecule has 1 aliphatic rings. The van der Waals surface area contributed by atoms with Crippen LogP contribution in [-0.2, 0) is 0 Å². The minimum atomic E-state index is 0.642. The highest BCUT2D eigenvalue weighted by atomic mass is 15.0. The molecule has 0 saturated heterocycles. The molecule has 1 heteroatoms. The first-order valence-electron chi connectivity index (χ1n) is 9.67. The van der Waals surface area contributed by atoms with E-state index in [1.54, 1.807) is 0 Å². The third kappa shape index (κ3) is 4.85. The third-order valence-electron chi connectivity index (χ3n) is 4.92. The summed E-state index contributed by atoms with van der Waals surface area (Å²) in [7, 11) is 0. The van der Waals surface area contributed by atoms with Crippen LogP contribution in [0.2, 0.25) is 0 Å². The van der Waals surface area contributed by atoms with Crippen LogP contribution in [0.5, 0.6) is 0 Å². The molecule has 0 aromatic heterocycles. The minimum absolute atomic E-state index is 0.642. The summed E-state index contributed by atoms with van der Waals surface area (Å²) in [5, 5.41) is 6.13. The molecule has 1 nitrogen and oxygen atoms in total. The highest BCUT2D eigenvalue weighted by Crippen LogP contribution is 2.38. The number of unbranched alkanes of at least 4 members (excludes halogenated alkanes) is 4. The molecule has 1 atom stereocenters. The lowest BCUT2D eigenvalue weighted by atomic mass is 9.92. The molecule has 4 rings (SSSR count). The average Bonchev–Trinajstić information content (AvgIpc) is 2.65. The number of nitrogens with one attached hydrogen (secondary N) is 1. The van der Waals surface area contributed by atoms with Crippen LogP contribution in [0.15, 0.2) is 72.8 Å². The lowest BCUT2D eigenvalue weighted by Gasteiger charge is -2.32. The molecular weight excluding hydrogens is 302 g/mol. The highest BCUT2D eigenvalue weighted by Gasteiger charge is 2.23. The zero-order chi connectivity index (χ0) is 17.3. The summed E-state index contributed by atoms with van der Waals surface area (Å²) in [4.78, 5) is 0. The average molecular weight is 332 g/mol. The van der Waals surface area contributed by atoms with E-state index in [2.05, 4.69) is 85.0 Å². The molecule has 3 aromatic rings. The molecule has 1 heterocycles. The molecule has 130 valence electrons. The van der Waals surface area contributed by atoms with E-state index in [0.717, 1.165) is 0 Å². The second-order valence-electron chi connectivity index (χ2n) is 6.83. The van der Waals surface area contributed by atoms with Gasteiger partial charge in [0.15, 0.2) is 0 Å². The Kier molecular flexibility index (Phi) is 6.50. The van der Waals surface area contributed by atoms with Gasteiger partial charge in [-0.3, -0.25) is 0 Å². The third-order valence-corrected chi connectivity index (χ3v) is 4.92. The Balaban J connectivity index is 0.000000157. The first kappa shape index (κ1) is 17.5. The Morgan fingerprint density at radius 2 is 1.24 bits per heavy atom. The predicted octanol–water partition coefficient (Wildman–Crippen LogP) is 7.35. The number of rotatable bonds is 6. The maximum atomic E-state index is 3.51. The molecule has 25 heavy (non-hydrogen) atoms. The molecule has 1 aliphatic heterocycles. The van der Waals surface area contributed by atoms with E-state index in [0.29, 0.717) is 6.04 Å². The van der Waals surface area contributed by atoms with Gasteiger partial charge in [0.05, 0.1) is 6.04 Å². The molecule has 0 amide bonds. The molecule has 0 aliphatic carbocycles. The normalized spacial score (nSPS) is 14.7. The van der Waals surface area contributed by atoms with Crippen molar-refractivity contribution in [2.75, 3.05) is 5.32 Å². The topological polar surface area (TPSA) is 12.0 Å². The number of hydrogen-bond donors (Lipinski definition) is 1. The summed E-state index contributed by atoms with van der Waals surface area (Å²) < 4.78 is 0. The van der Waals surface area contributed by atoms with Crippen molar-refractivity contribution in [3.63, 3.8) is 0 Å². The first-order valence-corrected chi connectivity index (χ1v) is 9.67. The Labute approximate surface area is 152 Å². The summed E-state index contributed by atoms with van der Waals surface area (Å²) in [6.07, 6.45) is 8.21. The van der Waals surface area contributed by atoms with Crippen LogP contribution >= 0.6 is 0 Å². The van der Waals surface area contributed by atoms with E-state index in [9.17, 15) is 0 Å². The minimum Gasteiger partial charge on any atom is -0.378 e. The van der Waals surface area contributed by atoms with Gasteiger partial charge in [-0.2, -0.15) is 0 Å². The van der Waals surface area contributed by atoms with Gasteiger partial charge >= 0.3 is 0 Å². The summed E-state index contributed by atoms with van der Waals surface area (Å²) in [5.74, 6) is 0. The van der Waals surface area contributed by atoms with Gasteiger partial charge in [-0.25, -0.2) is 0 Å². The molecule has 1 N–H and O–H groups in total. The first-order chi connectivity index (χ1) is 12.4. The number of anilines is 1. The Bertz CT molecular complexity index is 712. The summed E-state index contributed by atoms with van der Waals surface area (Å²) in [6.45, 7) is 2.27. The second kappa shape index (κ2) is 9.27. The van der Waals surface area contributed by atoms with Gasteiger partial charge in [0.2, 0.25) is 0 Å². The summed E-state index contributed by atoms with van der Waals surface area (Å²) in [6, 6.07) is 26.0. The maximum Gasteiger partial charge on any atom is 0.0534 e. The largest absolute Gasteiger partial charge is 0.378 e. The van der Waals surface area contributed by atoms with Crippen molar-refractivity contribution in [3.8, 4) is 0 Å². The van der Waals surface area contributed by atoms with Crippen molar-refractivity contribution in [2.24, 2.45) is 0 Å². The lowest BCUT2D eigenvalue weighted by molar-refractivity contribution is 0.559. The lowest BCUT2D eigenvalue weighted by Crippen LogP contribution is -2.22.